The van der Waals surface area contributed by atoms with E-state index >= 15 is 0 Å². The predicted molar refractivity (Wildman–Crippen MR) is 57.4 cm³/mol. The van der Waals surface area contributed by atoms with Gasteiger partial charge in [0.2, 0.25) is 5.88 Å². The van der Waals surface area contributed by atoms with E-state index in [9.17, 15) is 9.90 Å². The van der Waals surface area contributed by atoms with Gasteiger partial charge in [-0.1, -0.05) is 12.1 Å². The molecular weight excluding hydrogens is 192 g/mol. The third kappa shape index (κ3) is 1.54. The summed E-state index contributed by atoms with van der Waals surface area (Å²) in [5, 5.41) is 9.60. The van der Waals surface area contributed by atoms with Gasteiger partial charge in [0.1, 0.15) is 0 Å². The van der Waals surface area contributed by atoms with Crippen molar-refractivity contribution in [3.8, 4) is 11.6 Å². The van der Waals surface area contributed by atoms with Gasteiger partial charge in [-0.05, 0) is 24.6 Å². The zero-order valence-corrected chi connectivity index (χ0v) is 8.64. The highest BCUT2D eigenvalue weighted by Gasteiger charge is 2.09. The van der Waals surface area contributed by atoms with Crippen LogP contribution in [-0.4, -0.2) is 14.2 Å². The van der Waals surface area contributed by atoms with Crippen molar-refractivity contribution in [2.24, 2.45) is 7.05 Å². The number of aryl methyl sites for hydroxylation is 2. The average Bonchev–Trinajstić information content (AvgIpc) is 2.41. The van der Waals surface area contributed by atoms with Crippen LogP contribution >= 0.6 is 0 Å². The number of rotatable bonds is 1. The molecule has 0 unspecified atom stereocenters. The molecule has 4 nitrogen and oxygen atoms in total. The van der Waals surface area contributed by atoms with Gasteiger partial charge in [-0.3, -0.25) is 4.57 Å². The second-order valence-corrected chi connectivity index (χ2v) is 3.56. The van der Waals surface area contributed by atoms with Crippen LogP contribution in [0.2, 0.25) is 0 Å². The largest absolute Gasteiger partial charge is 0.493 e. The summed E-state index contributed by atoms with van der Waals surface area (Å²) in [7, 11) is 1.61. The van der Waals surface area contributed by atoms with Gasteiger partial charge >= 0.3 is 5.69 Å². The number of hydrogen-bond donors (Lipinski definition) is 1. The Balaban J connectivity index is 2.69. The van der Waals surface area contributed by atoms with Crippen molar-refractivity contribution < 1.29 is 5.11 Å². The second-order valence-electron chi connectivity index (χ2n) is 3.56. The van der Waals surface area contributed by atoms with Crippen LogP contribution in [-0.2, 0) is 7.05 Å². The molecule has 15 heavy (non-hydrogen) atoms. The SMILES string of the molecule is Cc1cccc(-n2c(O)cn(C)c2=O)c1. The number of benzene rings is 1. The maximum atomic E-state index is 11.7. The second kappa shape index (κ2) is 3.31. The van der Waals surface area contributed by atoms with Crippen LogP contribution < -0.4 is 5.69 Å². The number of hydrogen-bond acceptors (Lipinski definition) is 2. The minimum Gasteiger partial charge on any atom is -0.493 e. The van der Waals surface area contributed by atoms with Crippen LogP contribution in [0, 0.1) is 6.92 Å². The van der Waals surface area contributed by atoms with E-state index in [1.54, 1.807) is 13.1 Å². The molecule has 0 radical (unpaired) electrons. The van der Waals surface area contributed by atoms with Crippen LogP contribution in [0.4, 0.5) is 0 Å². The summed E-state index contributed by atoms with van der Waals surface area (Å²) >= 11 is 0. The maximum Gasteiger partial charge on any atom is 0.335 e. The minimum atomic E-state index is -0.252. The fourth-order valence-corrected chi connectivity index (χ4v) is 1.55. The van der Waals surface area contributed by atoms with Crippen LogP contribution in [0.15, 0.2) is 35.3 Å². The van der Waals surface area contributed by atoms with Crippen molar-refractivity contribution in [3.63, 3.8) is 0 Å². The molecule has 4 heteroatoms. The van der Waals surface area contributed by atoms with Crippen LogP contribution in [0.25, 0.3) is 5.69 Å². The maximum absolute atomic E-state index is 11.7. The summed E-state index contributed by atoms with van der Waals surface area (Å²) in [5.74, 6) is -0.0481. The monoisotopic (exact) mass is 204 g/mol. The molecule has 0 saturated heterocycles. The Morgan fingerprint density at radius 3 is 2.60 bits per heavy atom. The van der Waals surface area contributed by atoms with Gasteiger partial charge in [0.25, 0.3) is 0 Å². The molecule has 0 atom stereocenters. The van der Waals surface area contributed by atoms with E-state index in [4.69, 9.17) is 0 Å². The summed E-state index contributed by atoms with van der Waals surface area (Å²) in [5.41, 5.74) is 1.47. The fraction of sp³-hybridized carbons (Fsp3) is 0.182. The van der Waals surface area contributed by atoms with E-state index in [2.05, 4.69) is 0 Å². The van der Waals surface area contributed by atoms with Crippen molar-refractivity contribution in [1.82, 2.24) is 9.13 Å². The zero-order chi connectivity index (χ0) is 11.0. The van der Waals surface area contributed by atoms with Crippen LogP contribution in [0.5, 0.6) is 5.88 Å². The molecule has 0 aliphatic heterocycles. The van der Waals surface area contributed by atoms with E-state index in [0.717, 1.165) is 5.56 Å². The molecule has 2 rings (SSSR count). The Kier molecular flexibility index (Phi) is 2.11. The molecule has 1 aromatic heterocycles. The van der Waals surface area contributed by atoms with E-state index in [-0.39, 0.29) is 11.6 Å². The first-order valence-corrected chi connectivity index (χ1v) is 4.64. The predicted octanol–water partition coefficient (Wildman–Crippen LogP) is 1.19. The standard InChI is InChI=1S/C11H12N2O2/c1-8-4-3-5-9(6-8)13-10(14)7-12(2)11(13)15/h3-7,14H,1-2H3. The summed E-state index contributed by atoms with van der Waals surface area (Å²) in [6.45, 7) is 1.94. The highest BCUT2D eigenvalue weighted by molar-refractivity contribution is 5.38. The van der Waals surface area contributed by atoms with Gasteiger partial charge in [0, 0.05) is 7.05 Å². The summed E-state index contributed by atoms with van der Waals surface area (Å²) in [6.07, 6.45) is 1.39. The summed E-state index contributed by atoms with van der Waals surface area (Å²) < 4.78 is 2.62. The normalized spacial score (nSPS) is 10.5. The van der Waals surface area contributed by atoms with Gasteiger partial charge < -0.3 is 5.11 Å². The van der Waals surface area contributed by atoms with Crippen molar-refractivity contribution in [1.29, 1.82) is 0 Å². The molecule has 0 spiro atoms. The van der Waals surface area contributed by atoms with Crippen molar-refractivity contribution in [3.05, 3.63) is 46.5 Å². The van der Waals surface area contributed by atoms with E-state index in [1.165, 1.54) is 15.3 Å². The lowest BCUT2D eigenvalue weighted by molar-refractivity contribution is 0.441. The smallest absolute Gasteiger partial charge is 0.335 e. The zero-order valence-electron chi connectivity index (χ0n) is 8.64. The van der Waals surface area contributed by atoms with E-state index < -0.39 is 0 Å². The highest BCUT2D eigenvalue weighted by atomic mass is 16.3. The third-order valence-corrected chi connectivity index (χ3v) is 2.29. The Hall–Kier alpha value is -1.97. The molecule has 0 amide bonds. The van der Waals surface area contributed by atoms with Gasteiger partial charge in [0.15, 0.2) is 0 Å². The molecule has 0 aliphatic rings. The Bertz CT molecular complexity index is 552. The molecule has 1 N–H and O–H groups in total. The molecular formula is C11H12N2O2. The van der Waals surface area contributed by atoms with Gasteiger partial charge in [-0.15, -0.1) is 0 Å². The van der Waals surface area contributed by atoms with Gasteiger partial charge in [-0.25, -0.2) is 9.36 Å². The lowest BCUT2D eigenvalue weighted by atomic mass is 10.2. The fourth-order valence-electron chi connectivity index (χ4n) is 1.55. The first kappa shape index (κ1) is 9.58. The summed E-state index contributed by atoms with van der Waals surface area (Å²) in [6, 6.07) is 7.42. The number of nitrogens with zero attached hydrogens (tertiary/aromatic N) is 2. The Morgan fingerprint density at radius 2 is 2.07 bits per heavy atom. The van der Waals surface area contributed by atoms with Gasteiger partial charge in [-0.2, -0.15) is 0 Å². The van der Waals surface area contributed by atoms with Crippen molar-refractivity contribution >= 4 is 0 Å². The Morgan fingerprint density at radius 1 is 1.33 bits per heavy atom. The minimum absolute atomic E-state index is 0.0481. The molecule has 78 valence electrons. The van der Waals surface area contributed by atoms with Crippen molar-refractivity contribution in [2.75, 3.05) is 0 Å². The molecule has 0 fully saturated rings. The van der Waals surface area contributed by atoms with Crippen molar-refractivity contribution in [2.45, 2.75) is 6.92 Å². The summed E-state index contributed by atoms with van der Waals surface area (Å²) in [4.78, 5) is 11.7. The highest BCUT2D eigenvalue weighted by Crippen LogP contribution is 2.14. The number of aromatic hydroxyl groups is 1. The molecule has 1 aromatic carbocycles. The molecule has 0 saturated carbocycles. The average molecular weight is 204 g/mol. The van der Waals surface area contributed by atoms with E-state index in [1.807, 2.05) is 25.1 Å². The number of aromatic nitrogens is 2. The van der Waals surface area contributed by atoms with Gasteiger partial charge in [0.05, 0.1) is 11.9 Å². The first-order valence-electron chi connectivity index (χ1n) is 4.64. The molecule has 0 aliphatic carbocycles. The lowest BCUT2D eigenvalue weighted by Crippen LogP contribution is -2.20. The first-order chi connectivity index (χ1) is 7.09. The molecule has 2 aromatic rings. The van der Waals surface area contributed by atoms with E-state index in [0.29, 0.717) is 5.69 Å². The third-order valence-electron chi connectivity index (χ3n) is 2.29. The number of imidazole rings is 1. The Labute approximate surface area is 87.0 Å². The van der Waals surface area contributed by atoms with Crippen LogP contribution in [0.1, 0.15) is 5.56 Å². The molecule has 1 heterocycles. The molecule has 0 bridgehead atoms. The topological polar surface area (TPSA) is 47.2 Å². The lowest BCUT2D eigenvalue weighted by Gasteiger charge is -2.03. The van der Waals surface area contributed by atoms with Crippen LogP contribution in [0.3, 0.4) is 0 Å². The quantitative estimate of drug-likeness (QED) is 0.758.